The van der Waals surface area contributed by atoms with Crippen LogP contribution in [0.3, 0.4) is 0 Å². The smallest absolute Gasteiger partial charge is 0.215 e. The molecule has 0 saturated heterocycles. The number of nitrogens with zero attached hydrogens (tertiary/aromatic N) is 1. The fourth-order valence-electron chi connectivity index (χ4n) is 2.91. The van der Waals surface area contributed by atoms with Gasteiger partial charge in [0.05, 0.1) is 0 Å². The van der Waals surface area contributed by atoms with E-state index in [1.165, 1.54) is 25.7 Å². The van der Waals surface area contributed by atoms with Crippen LogP contribution in [0.1, 0.15) is 71.6 Å². The molecule has 2 unspecified atom stereocenters. The first kappa shape index (κ1) is 14.5. The van der Waals surface area contributed by atoms with E-state index in [4.69, 9.17) is 0 Å². The van der Waals surface area contributed by atoms with Crippen LogP contribution in [0.2, 0.25) is 0 Å². The summed E-state index contributed by atoms with van der Waals surface area (Å²) in [5, 5.41) is 11.1. The van der Waals surface area contributed by atoms with Crippen LogP contribution in [0.15, 0.2) is 0 Å². The Labute approximate surface area is 105 Å². The molecule has 0 aliphatic heterocycles. The Hall–Kier alpha value is -0.600. The Bertz CT molecular complexity index is 224. The van der Waals surface area contributed by atoms with E-state index in [0.29, 0.717) is 11.8 Å². The fourth-order valence-corrected chi connectivity index (χ4v) is 2.91. The van der Waals surface area contributed by atoms with Gasteiger partial charge in [-0.25, -0.2) is 0 Å². The van der Waals surface area contributed by atoms with E-state index in [-0.39, 0.29) is 11.0 Å². The summed E-state index contributed by atoms with van der Waals surface area (Å²) in [6, 6.07) is -0.264. The second-order valence-electron chi connectivity index (χ2n) is 5.70. The summed E-state index contributed by atoms with van der Waals surface area (Å²) in [7, 11) is 0. The minimum atomic E-state index is -0.264. The summed E-state index contributed by atoms with van der Waals surface area (Å²) in [6.07, 6.45) is 9.97. The molecular weight excluding hydrogens is 214 g/mol. The molecule has 1 aliphatic rings. The van der Waals surface area contributed by atoms with Gasteiger partial charge in [0, 0.05) is 17.3 Å². The SMILES string of the molecule is CCC(C)CCCC(C1CCCCC1)[N+](=O)[O-]. The lowest BCUT2D eigenvalue weighted by Crippen LogP contribution is -2.30. The van der Waals surface area contributed by atoms with Crippen LogP contribution in [0.5, 0.6) is 0 Å². The van der Waals surface area contributed by atoms with Gasteiger partial charge in [-0.05, 0) is 25.2 Å². The lowest BCUT2D eigenvalue weighted by atomic mass is 9.82. The Kier molecular flexibility index (Phi) is 6.53. The molecule has 2 atom stereocenters. The van der Waals surface area contributed by atoms with Crippen LogP contribution in [-0.4, -0.2) is 11.0 Å². The van der Waals surface area contributed by atoms with E-state index in [2.05, 4.69) is 13.8 Å². The van der Waals surface area contributed by atoms with Crippen LogP contribution < -0.4 is 0 Å². The molecule has 0 spiro atoms. The maximum absolute atomic E-state index is 11.1. The van der Waals surface area contributed by atoms with Gasteiger partial charge in [0.25, 0.3) is 0 Å². The van der Waals surface area contributed by atoms with Crippen molar-refractivity contribution in [3.05, 3.63) is 10.1 Å². The van der Waals surface area contributed by atoms with Gasteiger partial charge >= 0.3 is 0 Å². The molecule has 0 aromatic heterocycles. The topological polar surface area (TPSA) is 43.1 Å². The summed E-state index contributed by atoms with van der Waals surface area (Å²) >= 11 is 0. The van der Waals surface area contributed by atoms with Crippen molar-refractivity contribution in [2.45, 2.75) is 77.7 Å². The molecule has 100 valence electrons. The first-order valence-electron chi connectivity index (χ1n) is 7.28. The molecule has 0 bridgehead atoms. The monoisotopic (exact) mass is 241 g/mol. The summed E-state index contributed by atoms with van der Waals surface area (Å²) in [5.74, 6) is 1.07. The molecule has 0 radical (unpaired) electrons. The second-order valence-corrected chi connectivity index (χ2v) is 5.70. The molecule has 17 heavy (non-hydrogen) atoms. The van der Waals surface area contributed by atoms with Gasteiger partial charge in [-0.15, -0.1) is 0 Å². The lowest BCUT2D eigenvalue weighted by Gasteiger charge is -2.24. The van der Waals surface area contributed by atoms with Gasteiger partial charge in [-0.2, -0.15) is 0 Å². The normalized spacial score (nSPS) is 21.1. The van der Waals surface area contributed by atoms with E-state index in [9.17, 15) is 10.1 Å². The van der Waals surface area contributed by atoms with Gasteiger partial charge in [0.2, 0.25) is 6.04 Å². The van der Waals surface area contributed by atoms with Crippen molar-refractivity contribution in [1.82, 2.24) is 0 Å². The zero-order valence-electron chi connectivity index (χ0n) is 11.4. The standard InChI is InChI=1S/C14H27NO2/c1-3-12(2)8-7-11-14(15(16)17)13-9-5-4-6-10-13/h12-14H,3-11H2,1-2H3. The number of hydrogen-bond acceptors (Lipinski definition) is 2. The highest BCUT2D eigenvalue weighted by molar-refractivity contribution is 4.74. The molecule has 0 aromatic carbocycles. The van der Waals surface area contributed by atoms with Crippen molar-refractivity contribution >= 4 is 0 Å². The maximum Gasteiger partial charge on any atom is 0.215 e. The zero-order valence-corrected chi connectivity index (χ0v) is 11.4. The fraction of sp³-hybridized carbons (Fsp3) is 1.00. The minimum absolute atomic E-state index is 0.00734. The quantitative estimate of drug-likeness (QED) is 0.489. The minimum Gasteiger partial charge on any atom is -0.264 e. The molecule has 0 aromatic rings. The zero-order chi connectivity index (χ0) is 12.7. The van der Waals surface area contributed by atoms with Crippen molar-refractivity contribution in [2.75, 3.05) is 0 Å². The van der Waals surface area contributed by atoms with E-state index < -0.39 is 0 Å². The molecule has 1 aliphatic carbocycles. The van der Waals surface area contributed by atoms with Crippen LogP contribution >= 0.6 is 0 Å². The molecule has 0 N–H and O–H groups in total. The van der Waals surface area contributed by atoms with Gasteiger partial charge in [-0.1, -0.05) is 46.0 Å². The largest absolute Gasteiger partial charge is 0.264 e. The van der Waals surface area contributed by atoms with Crippen LogP contribution in [0, 0.1) is 22.0 Å². The van der Waals surface area contributed by atoms with E-state index in [1.807, 2.05) is 0 Å². The van der Waals surface area contributed by atoms with Crippen molar-refractivity contribution in [2.24, 2.45) is 11.8 Å². The molecule has 1 rings (SSSR count). The Morgan fingerprint density at radius 2 is 1.88 bits per heavy atom. The Balaban J connectivity index is 2.34. The van der Waals surface area contributed by atoms with Crippen molar-refractivity contribution in [3.8, 4) is 0 Å². The third kappa shape index (κ3) is 5.05. The third-order valence-electron chi connectivity index (χ3n) is 4.36. The molecule has 0 heterocycles. The molecule has 1 fully saturated rings. The summed E-state index contributed by atoms with van der Waals surface area (Å²) in [6.45, 7) is 4.43. The molecule has 3 nitrogen and oxygen atoms in total. The average Bonchev–Trinajstić information content (AvgIpc) is 2.34. The van der Waals surface area contributed by atoms with Crippen LogP contribution in [0.25, 0.3) is 0 Å². The third-order valence-corrected chi connectivity index (χ3v) is 4.36. The van der Waals surface area contributed by atoms with Gasteiger partial charge in [-0.3, -0.25) is 10.1 Å². The maximum atomic E-state index is 11.1. The summed E-state index contributed by atoms with van der Waals surface area (Å²) in [5.41, 5.74) is 0. The van der Waals surface area contributed by atoms with E-state index in [0.717, 1.165) is 32.1 Å². The highest BCUT2D eigenvalue weighted by Gasteiger charge is 2.31. The number of nitro groups is 1. The average molecular weight is 241 g/mol. The number of hydrogen-bond donors (Lipinski definition) is 0. The number of rotatable bonds is 7. The van der Waals surface area contributed by atoms with Crippen LogP contribution in [-0.2, 0) is 0 Å². The molecular formula is C14H27NO2. The molecule has 1 saturated carbocycles. The Morgan fingerprint density at radius 3 is 2.41 bits per heavy atom. The van der Waals surface area contributed by atoms with Crippen molar-refractivity contribution < 1.29 is 4.92 Å². The summed E-state index contributed by atoms with van der Waals surface area (Å²) < 4.78 is 0. The lowest BCUT2D eigenvalue weighted by molar-refractivity contribution is -0.534. The summed E-state index contributed by atoms with van der Waals surface area (Å²) in [4.78, 5) is 11.1. The molecule has 3 heteroatoms. The van der Waals surface area contributed by atoms with Crippen molar-refractivity contribution in [3.63, 3.8) is 0 Å². The van der Waals surface area contributed by atoms with Gasteiger partial charge in [0.1, 0.15) is 0 Å². The van der Waals surface area contributed by atoms with Gasteiger partial charge in [0.15, 0.2) is 0 Å². The predicted molar refractivity (Wildman–Crippen MR) is 70.7 cm³/mol. The first-order valence-corrected chi connectivity index (χ1v) is 7.28. The second kappa shape index (κ2) is 7.67. The van der Waals surface area contributed by atoms with Gasteiger partial charge < -0.3 is 0 Å². The Morgan fingerprint density at radius 1 is 1.24 bits per heavy atom. The highest BCUT2D eigenvalue weighted by Crippen LogP contribution is 2.30. The van der Waals surface area contributed by atoms with E-state index in [1.54, 1.807) is 0 Å². The van der Waals surface area contributed by atoms with E-state index >= 15 is 0 Å². The van der Waals surface area contributed by atoms with Crippen molar-refractivity contribution in [1.29, 1.82) is 0 Å². The highest BCUT2D eigenvalue weighted by atomic mass is 16.6. The molecule has 0 amide bonds. The first-order chi connectivity index (χ1) is 8.15. The van der Waals surface area contributed by atoms with Crippen LogP contribution in [0.4, 0.5) is 0 Å². The predicted octanol–water partition coefficient (Wildman–Crippen LogP) is 4.43.